The predicted molar refractivity (Wildman–Crippen MR) is 247 cm³/mol. The zero-order chi connectivity index (χ0) is 44.7. The van der Waals surface area contributed by atoms with Gasteiger partial charge in [0.25, 0.3) is 0 Å². The average molecular weight is 913 g/mol. The highest BCUT2D eigenvalue weighted by atomic mass is 35.5. The molecule has 0 saturated carbocycles. The summed E-state index contributed by atoms with van der Waals surface area (Å²) in [6, 6.07) is 7.83. The second-order valence-electron chi connectivity index (χ2n) is 16.4. The smallest absolute Gasteiger partial charge is 0.315 e. The number of unbranched alkanes of at least 4 members (excludes halogenated alkanes) is 3. The number of aromatic nitrogens is 2. The molecule has 3 aliphatic heterocycles. The van der Waals surface area contributed by atoms with Crippen molar-refractivity contribution >= 4 is 70.1 Å². The Kier molecular flexibility index (Phi) is 22.1. The topological polar surface area (TPSA) is 190 Å². The summed E-state index contributed by atoms with van der Waals surface area (Å²) in [7, 11) is 0. The molecule has 2 aromatic rings. The minimum Gasteiger partial charge on any atom is -0.379 e. The number of ether oxygens (including phenoxy) is 3. The maximum Gasteiger partial charge on any atom is 0.315 e. The Bertz CT molecular complexity index is 1810. The summed E-state index contributed by atoms with van der Waals surface area (Å²) < 4.78 is 16.9. The van der Waals surface area contributed by atoms with Crippen LogP contribution >= 0.6 is 23.4 Å². The molecule has 3 aliphatic rings. The van der Waals surface area contributed by atoms with E-state index in [2.05, 4.69) is 37.8 Å². The van der Waals surface area contributed by atoms with Crippen LogP contribution in [0.4, 0.5) is 22.2 Å². The number of hydrogen-bond acceptors (Lipinski definition) is 13. The number of nitrogens with zero attached hydrogens (tertiary/aromatic N) is 3. The van der Waals surface area contributed by atoms with Crippen LogP contribution in [0.3, 0.4) is 0 Å². The van der Waals surface area contributed by atoms with Crippen molar-refractivity contribution in [2.45, 2.75) is 126 Å². The number of amides is 3. The highest BCUT2D eigenvalue weighted by Crippen LogP contribution is 2.33. The van der Waals surface area contributed by atoms with Crippen molar-refractivity contribution in [2.75, 3.05) is 69.1 Å². The lowest BCUT2D eigenvalue weighted by atomic mass is 10.0. The van der Waals surface area contributed by atoms with Crippen LogP contribution in [0.1, 0.15) is 102 Å². The van der Waals surface area contributed by atoms with Crippen molar-refractivity contribution < 1.29 is 38.2 Å². The Morgan fingerprint density at radius 3 is 2.25 bits per heavy atom. The van der Waals surface area contributed by atoms with E-state index in [-0.39, 0.29) is 48.1 Å². The number of carbonyl (C=O) groups excluding carboxylic acids is 5. The first-order chi connectivity index (χ1) is 30.7. The number of allylic oxidation sites excluding steroid dienone is 1. The first-order valence-corrected chi connectivity index (χ1v) is 24.1. The van der Waals surface area contributed by atoms with Crippen LogP contribution in [-0.2, 0) is 39.8 Å². The summed E-state index contributed by atoms with van der Waals surface area (Å²) in [5, 5.41) is 13.4. The zero-order valence-electron chi connectivity index (χ0n) is 36.6. The lowest BCUT2D eigenvalue weighted by Gasteiger charge is -2.33. The van der Waals surface area contributed by atoms with Crippen molar-refractivity contribution in [3.05, 3.63) is 53.7 Å². The van der Waals surface area contributed by atoms with E-state index in [4.69, 9.17) is 25.8 Å². The molecular formula is C46H66ClN7O8S. The van der Waals surface area contributed by atoms with Gasteiger partial charge in [0, 0.05) is 87.6 Å². The first-order valence-electron chi connectivity index (χ1n) is 22.7. The number of piperidine rings is 1. The van der Waals surface area contributed by atoms with Gasteiger partial charge in [-0.2, -0.15) is 16.7 Å². The van der Waals surface area contributed by atoms with Gasteiger partial charge in [-0.15, -0.1) is 0 Å². The molecule has 3 fully saturated rings. The van der Waals surface area contributed by atoms with Crippen LogP contribution in [0.2, 0.25) is 5.02 Å². The number of likely N-dealkylation sites (tertiary alicyclic amines) is 1. The van der Waals surface area contributed by atoms with E-state index in [1.165, 1.54) is 12.3 Å². The van der Waals surface area contributed by atoms with Gasteiger partial charge in [-0.05, 0) is 75.5 Å². The van der Waals surface area contributed by atoms with Gasteiger partial charge in [0.05, 0.1) is 44.7 Å². The van der Waals surface area contributed by atoms with E-state index >= 15 is 0 Å². The van der Waals surface area contributed by atoms with Crippen molar-refractivity contribution in [1.29, 1.82) is 0 Å². The standard InChI is InChI=1S/C46H66ClN7O8S/c1-2-35(55)29-33-13-3-5-19-39(33)50-44-38(47)30-48-45(53-44)49-34-14-12-22-54(31-34)42(58)21-11-18-37(57)17-8-10-24-61-26-28-62-27-25-60-23-9-7-16-36(56)15-4-6-20-41-43-40(32-63-41)51-46(59)52-43/h2-3,5,13,19,30,34,40-41,43H,1,4,6-12,14-18,20-29,31-32H2,(H2,51,52,59)(H2,48,49,50,53)/t34-,40-,41-,43-/m0/s1. The third-order valence-corrected chi connectivity index (χ3v) is 13.2. The molecule has 1 aromatic heterocycles. The molecule has 4 heterocycles. The third kappa shape index (κ3) is 18.1. The molecule has 3 saturated heterocycles. The van der Waals surface area contributed by atoms with Crippen LogP contribution in [0.15, 0.2) is 43.1 Å². The van der Waals surface area contributed by atoms with E-state index in [9.17, 15) is 24.0 Å². The Morgan fingerprint density at radius 1 is 0.873 bits per heavy atom. The fourth-order valence-corrected chi connectivity index (χ4v) is 9.64. The molecule has 0 spiro atoms. The molecule has 0 radical (unpaired) electrons. The second-order valence-corrected chi connectivity index (χ2v) is 18.1. The van der Waals surface area contributed by atoms with Gasteiger partial charge >= 0.3 is 6.03 Å². The lowest BCUT2D eigenvalue weighted by Crippen LogP contribution is -2.45. The molecule has 346 valence electrons. The quantitative estimate of drug-likeness (QED) is 0.0334. The van der Waals surface area contributed by atoms with E-state index in [1.54, 1.807) is 0 Å². The number of carbonyl (C=O) groups is 5. The molecule has 4 N–H and O–H groups in total. The van der Waals surface area contributed by atoms with Crippen LogP contribution in [0.25, 0.3) is 0 Å². The predicted octanol–water partition coefficient (Wildman–Crippen LogP) is 7.00. The highest BCUT2D eigenvalue weighted by molar-refractivity contribution is 8.00. The van der Waals surface area contributed by atoms with Gasteiger partial charge in [-0.1, -0.05) is 42.8 Å². The summed E-state index contributed by atoms with van der Waals surface area (Å²) in [5.41, 5.74) is 1.51. The number of halogens is 1. The van der Waals surface area contributed by atoms with Crippen LogP contribution in [0, 0.1) is 0 Å². The number of fused-ring (bicyclic) bond motifs is 1. The molecule has 0 unspecified atom stereocenters. The summed E-state index contributed by atoms with van der Waals surface area (Å²) >= 11 is 8.34. The van der Waals surface area contributed by atoms with Gasteiger partial charge in [-0.3, -0.25) is 19.2 Å². The Morgan fingerprint density at radius 2 is 1.54 bits per heavy atom. The molecule has 4 atom stereocenters. The number of para-hydroxylation sites is 1. The molecule has 63 heavy (non-hydrogen) atoms. The Labute approximate surface area is 381 Å². The Hall–Kier alpha value is -4.09. The van der Waals surface area contributed by atoms with Crippen LogP contribution in [-0.4, -0.2) is 126 Å². The van der Waals surface area contributed by atoms with E-state index in [1.807, 2.05) is 40.9 Å². The fraction of sp³-hybridized carbons (Fsp3) is 0.630. The summed E-state index contributed by atoms with van der Waals surface area (Å²) in [5.74, 6) is 2.19. The maximum atomic E-state index is 13.1. The number of thioether (sulfide) groups is 1. The number of Topliss-reactive ketones (excluding diaryl/α,β-unsaturated/α-hetero) is 2. The van der Waals surface area contributed by atoms with Gasteiger partial charge in [-0.25, -0.2) is 9.78 Å². The van der Waals surface area contributed by atoms with Gasteiger partial charge < -0.3 is 40.4 Å². The number of ketones is 3. The van der Waals surface area contributed by atoms with Gasteiger partial charge in [0.2, 0.25) is 11.9 Å². The molecule has 17 heteroatoms. The minimum atomic E-state index is -0.0924. The van der Waals surface area contributed by atoms with Gasteiger partial charge in [0.1, 0.15) is 16.6 Å². The van der Waals surface area contributed by atoms with Crippen molar-refractivity contribution in [2.24, 2.45) is 0 Å². The fourth-order valence-electron chi connectivity index (χ4n) is 7.96. The number of nitrogens with one attached hydrogen (secondary N) is 4. The van der Waals surface area contributed by atoms with E-state index in [0.717, 1.165) is 69.1 Å². The summed E-state index contributed by atoms with van der Waals surface area (Å²) in [4.78, 5) is 72.1. The molecule has 3 amide bonds. The van der Waals surface area contributed by atoms with Crippen LogP contribution < -0.4 is 21.3 Å². The van der Waals surface area contributed by atoms with Gasteiger partial charge in [0.15, 0.2) is 11.6 Å². The SMILES string of the molecule is C=CC(=O)Cc1ccccc1Nc1nc(N[C@H]2CCCN(C(=O)CCCC(=O)CCCCOCCOCCOCCCCC(=O)CCCC[C@@H]3SC[C@@H]4NC(=O)N[C@@H]43)C2)ncc1Cl. The van der Waals surface area contributed by atoms with Crippen molar-refractivity contribution in [3.63, 3.8) is 0 Å². The third-order valence-electron chi connectivity index (χ3n) is 11.4. The molecule has 0 bridgehead atoms. The number of anilines is 3. The summed E-state index contributed by atoms with van der Waals surface area (Å²) in [6.07, 6.45) is 13.9. The minimum absolute atomic E-state index is 0.0375. The largest absolute Gasteiger partial charge is 0.379 e. The number of hydrogen-bond donors (Lipinski definition) is 4. The number of benzene rings is 1. The van der Waals surface area contributed by atoms with Crippen molar-refractivity contribution in [1.82, 2.24) is 25.5 Å². The molecule has 1 aromatic carbocycles. The Balaban J connectivity index is 0.803. The van der Waals surface area contributed by atoms with Crippen LogP contribution in [0.5, 0.6) is 0 Å². The van der Waals surface area contributed by atoms with E-state index < -0.39 is 0 Å². The molecule has 0 aliphatic carbocycles. The summed E-state index contributed by atoms with van der Waals surface area (Å²) in [6.45, 7) is 7.90. The molecule has 15 nitrogen and oxygen atoms in total. The number of urea groups is 1. The highest BCUT2D eigenvalue weighted by Gasteiger charge is 2.42. The molecular weight excluding hydrogens is 846 g/mol. The number of rotatable bonds is 32. The molecule has 5 rings (SSSR count). The maximum absolute atomic E-state index is 13.1. The van der Waals surface area contributed by atoms with Crippen molar-refractivity contribution in [3.8, 4) is 0 Å². The van der Waals surface area contributed by atoms with E-state index in [0.29, 0.717) is 125 Å². The lowest BCUT2D eigenvalue weighted by molar-refractivity contribution is -0.132. The first kappa shape index (κ1) is 49.9. The average Bonchev–Trinajstić information content (AvgIpc) is 3.84. The monoisotopic (exact) mass is 911 g/mol. The zero-order valence-corrected chi connectivity index (χ0v) is 38.1. The normalized spacial score (nSPS) is 19.3. The second kappa shape index (κ2) is 28.0.